The van der Waals surface area contributed by atoms with E-state index in [1.165, 1.54) is 12.1 Å². The van der Waals surface area contributed by atoms with E-state index in [0.717, 1.165) is 22.5 Å². The molecular formula is C19H19FN4O4S2. The molecular weight excluding hydrogens is 431 g/mol. The summed E-state index contributed by atoms with van der Waals surface area (Å²) in [5.41, 5.74) is 1.55. The maximum Gasteiger partial charge on any atom is 0.270 e. The van der Waals surface area contributed by atoms with Gasteiger partial charge in [0.25, 0.3) is 10.0 Å². The number of hydrogen-bond acceptors (Lipinski definition) is 7. The minimum Gasteiger partial charge on any atom is -0.489 e. The SMILES string of the molecule is CCC(=O)Nc1nnc(S(=O)(=O)NCc2ccc(OCc3ccc(F)cc3)cc2)s1. The molecule has 3 aromatic rings. The average Bonchev–Trinajstić information content (AvgIpc) is 3.22. The molecule has 2 aromatic carbocycles. The van der Waals surface area contributed by atoms with Crippen LogP contribution in [0.25, 0.3) is 0 Å². The van der Waals surface area contributed by atoms with Crippen LogP contribution >= 0.6 is 11.3 Å². The van der Waals surface area contributed by atoms with Gasteiger partial charge in [0.1, 0.15) is 18.2 Å². The Morgan fingerprint density at radius 1 is 1.07 bits per heavy atom. The van der Waals surface area contributed by atoms with Gasteiger partial charge in [-0.2, -0.15) is 0 Å². The van der Waals surface area contributed by atoms with Crippen LogP contribution in [0.4, 0.5) is 9.52 Å². The van der Waals surface area contributed by atoms with Gasteiger partial charge in [0.15, 0.2) is 0 Å². The van der Waals surface area contributed by atoms with Crippen LogP contribution in [-0.4, -0.2) is 24.5 Å². The van der Waals surface area contributed by atoms with Gasteiger partial charge in [-0.15, -0.1) is 10.2 Å². The molecule has 0 aliphatic heterocycles. The second kappa shape index (κ2) is 9.74. The maximum absolute atomic E-state index is 12.9. The predicted octanol–water partition coefficient (Wildman–Crippen LogP) is 3.08. The van der Waals surface area contributed by atoms with E-state index < -0.39 is 10.0 Å². The fourth-order valence-corrected chi connectivity index (χ4v) is 4.24. The van der Waals surface area contributed by atoms with Crippen molar-refractivity contribution in [2.75, 3.05) is 5.32 Å². The Labute approximate surface area is 177 Å². The lowest BCUT2D eigenvalue weighted by Gasteiger charge is -2.08. The van der Waals surface area contributed by atoms with Crippen molar-refractivity contribution in [2.24, 2.45) is 0 Å². The molecule has 1 heterocycles. The molecule has 0 unspecified atom stereocenters. The number of sulfonamides is 1. The first kappa shape index (κ1) is 21.8. The number of aromatic nitrogens is 2. The molecule has 1 amide bonds. The number of hydrogen-bond donors (Lipinski definition) is 2. The third kappa shape index (κ3) is 6.05. The molecule has 8 nitrogen and oxygen atoms in total. The minimum atomic E-state index is -3.86. The van der Waals surface area contributed by atoms with Crippen LogP contribution in [0.5, 0.6) is 5.75 Å². The van der Waals surface area contributed by atoms with Crippen LogP contribution < -0.4 is 14.8 Å². The third-order valence-corrected chi connectivity index (χ3v) is 6.52. The highest BCUT2D eigenvalue weighted by molar-refractivity contribution is 7.91. The number of nitrogens with zero attached hydrogens (tertiary/aromatic N) is 2. The lowest BCUT2D eigenvalue weighted by atomic mass is 10.2. The number of halogens is 1. The third-order valence-electron chi connectivity index (χ3n) is 3.91. The smallest absolute Gasteiger partial charge is 0.270 e. The van der Waals surface area contributed by atoms with Crippen LogP contribution in [-0.2, 0) is 28.0 Å². The Bertz CT molecular complexity index is 1100. The molecule has 0 bridgehead atoms. The predicted molar refractivity (Wildman–Crippen MR) is 110 cm³/mol. The van der Waals surface area contributed by atoms with Crippen molar-refractivity contribution < 1.29 is 22.3 Å². The summed E-state index contributed by atoms with van der Waals surface area (Å²) in [6.45, 7) is 2.02. The summed E-state index contributed by atoms with van der Waals surface area (Å²) in [5, 5.41) is 9.89. The van der Waals surface area contributed by atoms with Crippen molar-refractivity contribution in [1.29, 1.82) is 0 Å². The first-order valence-electron chi connectivity index (χ1n) is 8.95. The summed E-state index contributed by atoms with van der Waals surface area (Å²) in [7, 11) is -3.86. The van der Waals surface area contributed by atoms with Gasteiger partial charge in [0.2, 0.25) is 15.4 Å². The van der Waals surface area contributed by atoms with Crippen molar-refractivity contribution in [2.45, 2.75) is 30.8 Å². The van der Waals surface area contributed by atoms with Crippen LogP contribution in [0.2, 0.25) is 0 Å². The number of carbonyl (C=O) groups excluding carboxylic acids is 1. The van der Waals surface area contributed by atoms with Gasteiger partial charge in [-0.3, -0.25) is 4.79 Å². The first-order chi connectivity index (χ1) is 14.4. The summed E-state index contributed by atoms with van der Waals surface area (Å²) < 4.78 is 45.5. The number of rotatable bonds is 9. The molecule has 0 fully saturated rings. The number of anilines is 1. The van der Waals surface area contributed by atoms with Gasteiger partial charge in [-0.1, -0.05) is 42.5 Å². The van der Waals surface area contributed by atoms with Crippen molar-refractivity contribution in [1.82, 2.24) is 14.9 Å². The van der Waals surface area contributed by atoms with Crippen LogP contribution in [0.1, 0.15) is 24.5 Å². The molecule has 0 saturated carbocycles. The Kier molecular flexibility index (Phi) is 7.08. The molecule has 11 heteroatoms. The summed E-state index contributed by atoms with van der Waals surface area (Å²) in [5.74, 6) is 0.0252. The van der Waals surface area contributed by atoms with Crippen molar-refractivity contribution in [3.05, 3.63) is 65.5 Å². The van der Waals surface area contributed by atoms with E-state index in [1.54, 1.807) is 43.3 Å². The normalized spacial score (nSPS) is 11.3. The second-order valence-electron chi connectivity index (χ2n) is 6.16. The van der Waals surface area contributed by atoms with E-state index >= 15 is 0 Å². The fourth-order valence-electron chi connectivity index (χ4n) is 2.27. The minimum absolute atomic E-state index is 0.0524. The van der Waals surface area contributed by atoms with Crippen LogP contribution in [0.3, 0.4) is 0 Å². The Hall–Kier alpha value is -2.89. The number of amides is 1. The van der Waals surface area contributed by atoms with E-state index in [0.29, 0.717) is 12.4 Å². The Balaban J connectivity index is 1.53. The highest BCUT2D eigenvalue weighted by atomic mass is 32.2. The first-order valence-corrected chi connectivity index (χ1v) is 11.2. The molecule has 0 aliphatic rings. The van der Waals surface area contributed by atoms with Gasteiger partial charge in [-0.05, 0) is 35.4 Å². The number of carbonyl (C=O) groups is 1. The largest absolute Gasteiger partial charge is 0.489 e. The quantitative estimate of drug-likeness (QED) is 0.485. The van der Waals surface area contributed by atoms with E-state index in [2.05, 4.69) is 20.2 Å². The molecule has 3 rings (SSSR count). The van der Waals surface area contributed by atoms with Crippen molar-refractivity contribution in [3.63, 3.8) is 0 Å². The summed E-state index contributed by atoms with van der Waals surface area (Å²) in [6.07, 6.45) is 0.253. The average molecular weight is 451 g/mol. The van der Waals surface area contributed by atoms with E-state index in [9.17, 15) is 17.6 Å². The zero-order chi connectivity index (χ0) is 21.6. The topological polar surface area (TPSA) is 110 Å². The number of benzene rings is 2. The van der Waals surface area contributed by atoms with Gasteiger partial charge in [-0.25, -0.2) is 17.5 Å². The van der Waals surface area contributed by atoms with Gasteiger partial charge >= 0.3 is 0 Å². The fraction of sp³-hybridized carbons (Fsp3) is 0.211. The molecule has 0 radical (unpaired) electrons. The van der Waals surface area contributed by atoms with E-state index in [-0.39, 0.29) is 34.2 Å². The maximum atomic E-state index is 12.9. The van der Waals surface area contributed by atoms with Crippen molar-refractivity contribution in [3.8, 4) is 5.75 Å². The zero-order valence-corrected chi connectivity index (χ0v) is 17.6. The molecule has 1 aromatic heterocycles. The molecule has 0 atom stereocenters. The lowest BCUT2D eigenvalue weighted by molar-refractivity contribution is -0.115. The highest BCUT2D eigenvalue weighted by Crippen LogP contribution is 2.20. The van der Waals surface area contributed by atoms with Crippen LogP contribution in [0, 0.1) is 5.82 Å². The molecule has 2 N–H and O–H groups in total. The second-order valence-corrected chi connectivity index (χ2v) is 9.08. The summed E-state index contributed by atoms with van der Waals surface area (Å²) in [6, 6.07) is 12.9. The van der Waals surface area contributed by atoms with E-state index in [4.69, 9.17) is 4.74 Å². The molecule has 0 saturated heterocycles. The monoisotopic (exact) mass is 450 g/mol. The Morgan fingerprint density at radius 2 is 1.73 bits per heavy atom. The lowest BCUT2D eigenvalue weighted by Crippen LogP contribution is -2.23. The number of ether oxygens (including phenoxy) is 1. The van der Waals surface area contributed by atoms with E-state index in [1.807, 2.05) is 0 Å². The highest BCUT2D eigenvalue weighted by Gasteiger charge is 2.20. The molecule has 0 spiro atoms. The summed E-state index contributed by atoms with van der Waals surface area (Å²) in [4.78, 5) is 11.4. The Morgan fingerprint density at radius 3 is 2.40 bits per heavy atom. The summed E-state index contributed by atoms with van der Waals surface area (Å²) >= 11 is 0.778. The van der Waals surface area contributed by atoms with Crippen molar-refractivity contribution >= 4 is 32.4 Å². The van der Waals surface area contributed by atoms with Gasteiger partial charge in [0, 0.05) is 13.0 Å². The number of nitrogens with one attached hydrogen (secondary N) is 2. The van der Waals surface area contributed by atoms with Gasteiger partial charge < -0.3 is 10.1 Å². The molecule has 30 heavy (non-hydrogen) atoms. The zero-order valence-electron chi connectivity index (χ0n) is 16.0. The van der Waals surface area contributed by atoms with Crippen LogP contribution in [0.15, 0.2) is 52.9 Å². The van der Waals surface area contributed by atoms with Gasteiger partial charge in [0.05, 0.1) is 0 Å². The molecule has 0 aliphatic carbocycles. The molecule has 158 valence electrons. The standard InChI is InChI=1S/C19H19FN4O4S2/c1-2-17(25)22-18-23-24-19(29-18)30(26,27)21-11-13-5-9-16(10-6-13)28-12-14-3-7-15(20)8-4-14/h3-10,21H,2,11-12H2,1H3,(H,22,23,25).